The highest BCUT2D eigenvalue weighted by Crippen LogP contribution is 2.51. The average molecular weight is 503 g/mol. The first-order chi connectivity index (χ1) is 15.2. The Morgan fingerprint density at radius 1 is 1.33 bits per heavy atom. The number of nitrogens with one attached hydrogen (secondary N) is 2. The number of rotatable bonds is 8. The van der Waals surface area contributed by atoms with E-state index in [1.807, 2.05) is 6.92 Å². The predicted octanol–water partition coefficient (Wildman–Crippen LogP) is -1.14. The van der Waals surface area contributed by atoms with Crippen LogP contribution in [0.15, 0.2) is 10.6 Å². The van der Waals surface area contributed by atoms with E-state index < -0.39 is 51.4 Å². The molecule has 0 radical (unpaired) electrons. The van der Waals surface area contributed by atoms with Crippen molar-refractivity contribution >= 4 is 45.3 Å². The van der Waals surface area contributed by atoms with Gasteiger partial charge >= 0.3 is 5.97 Å². The molecular weight excluding hydrogens is 472 g/mol. The van der Waals surface area contributed by atoms with Gasteiger partial charge in [0, 0.05) is 49.0 Å². The van der Waals surface area contributed by atoms with Crippen LogP contribution in [0.25, 0.3) is 0 Å². The predicted molar refractivity (Wildman–Crippen MR) is 122 cm³/mol. The molecule has 0 spiro atoms. The number of β-lactam (4-membered cyclic amide) rings is 1. The van der Waals surface area contributed by atoms with Crippen molar-refractivity contribution in [2.75, 3.05) is 32.6 Å². The van der Waals surface area contributed by atoms with Gasteiger partial charge < -0.3 is 25.5 Å². The zero-order valence-electron chi connectivity index (χ0n) is 19.2. The lowest BCUT2D eigenvalue weighted by atomic mass is 9.78. The highest BCUT2D eigenvalue weighted by Gasteiger charge is 2.60. The third-order valence-electron chi connectivity index (χ3n) is 6.24. The molecule has 3 N–H and O–H groups in total. The van der Waals surface area contributed by atoms with E-state index in [4.69, 9.17) is 0 Å². The second kappa shape index (κ2) is 9.26. The molecule has 0 bridgehead atoms. The van der Waals surface area contributed by atoms with Crippen LogP contribution in [0.4, 0.5) is 0 Å². The van der Waals surface area contributed by atoms with Crippen LogP contribution in [0, 0.1) is 11.8 Å². The maximum atomic E-state index is 12.9. The molecule has 3 aliphatic heterocycles. The van der Waals surface area contributed by atoms with Gasteiger partial charge in [-0.3, -0.25) is 14.4 Å². The van der Waals surface area contributed by atoms with Gasteiger partial charge in [0.25, 0.3) is 0 Å². The minimum absolute atomic E-state index is 0.0233. The number of fused-ring (bicyclic) bond motifs is 1. The van der Waals surface area contributed by atoms with Gasteiger partial charge in [0.15, 0.2) is 9.84 Å². The van der Waals surface area contributed by atoms with Crippen LogP contribution in [0.1, 0.15) is 20.3 Å². The molecule has 6 atom stereocenters. The zero-order valence-corrected chi connectivity index (χ0v) is 20.8. The van der Waals surface area contributed by atoms with Gasteiger partial charge in [-0.1, -0.05) is 6.92 Å². The fourth-order valence-electron chi connectivity index (χ4n) is 4.79. The Balaban J connectivity index is 1.73. The van der Waals surface area contributed by atoms with Crippen molar-refractivity contribution in [3.05, 3.63) is 10.6 Å². The summed E-state index contributed by atoms with van der Waals surface area (Å²) in [4.78, 5) is 52.6. The lowest BCUT2D eigenvalue weighted by Crippen LogP contribution is -2.66. The van der Waals surface area contributed by atoms with Crippen LogP contribution in [-0.4, -0.2) is 103 Å². The smallest absolute Gasteiger partial charge is 0.353 e. The summed E-state index contributed by atoms with van der Waals surface area (Å²) in [6.07, 6.45) is 1.50. The maximum absolute atomic E-state index is 12.9. The summed E-state index contributed by atoms with van der Waals surface area (Å²) in [5, 5.41) is 15.6. The average Bonchev–Trinajstić information content (AvgIpc) is 3.22. The van der Waals surface area contributed by atoms with Crippen LogP contribution in [0.5, 0.6) is 0 Å². The minimum Gasteiger partial charge on any atom is -0.477 e. The Labute approximate surface area is 197 Å². The fraction of sp³-hybridized carbons (Fsp3) is 0.700. The van der Waals surface area contributed by atoms with E-state index in [2.05, 4.69) is 10.6 Å². The Hall–Kier alpha value is -2.12. The molecule has 11 nitrogen and oxygen atoms in total. The van der Waals surface area contributed by atoms with Gasteiger partial charge in [0.2, 0.25) is 17.7 Å². The van der Waals surface area contributed by atoms with Crippen LogP contribution in [-0.2, 0) is 29.0 Å². The summed E-state index contributed by atoms with van der Waals surface area (Å²) >= 11 is 1.38. The lowest BCUT2D eigenvalue weighted by molar-refractivity contribution is -0.158. The minimum atomic E-state index is -3.51. The molecule has 3 aliphatic rings. The Bertz CT molecular complexity index is 1010. The number of carboxylic acids is 1. The molecule has 0 aromatic rings. The third-order valence-corrected chi connectivity index (χ3v) is 8.53. The second-order valence-corrected chi connectivity index (χ2v) is 12.6. The number of hydrogen-bond acceptors (Lipinski definition) is 8. The first-order valence-electron chi connectivity index (χ1n) is 10.6. The number of carbonyl (C=O) groups is 4. The summed E-state index contributed by atoms with van der Waals surface area (Å²) in [7, 11) is -0.150. The molecule has 3 rings (SSSR count). The molecule has 0 saturated carbocycles. The Morgan fingerprint density at radius 2 is 1.97 bits per heavy atom. The van der Waals surface area contributed by atoms with E-state index in [1.165, 1.54) is 21.6 Å². The van der Waals surface area contributed by atoms with Gasteiger partial charge in [0.1, 0.15) is 11.4 Å². The largest absolute Gasteiger partial charge is 0.477 e. The number of sulfone groups is 1. The number of nitrogens with zero attached hydrogens (tertiary/aromatic N) is 2. The molecule has 3 amide bonds. The highest BCUT2D eigenvalue weighted by molar-refractivity contribution is 8.03. The lowest BCUT2D eigenvalue weighted by Gasteiger charge is -2.47. The Kier molecular flexibility index (Phi) is 7.16. The molecule has 184 valence electrons. The highest BCUT2D eigenvalue weighted by atomic mass is 32.2. The first kappa shape index (κ1) is 25.5. The fourth-order valence-corrected chi connectivity index (χ4v) is 6.83. The van der Waals surface area contributed by atoms with Crippen molar-refractivity contribution in [1.29, 1.82) is 0 Å². The summed E-state index contributed by atoms with van der Waals surface area (Å²) in [6, 6.07) is -1.42. The van der Waals surface area contributed by atoms with Gasteiger partial charge in [-0.15, -0.1) is 11.8 Å². The van der Waals surface area contributed by atoms with E-state index in [9.17, 15) is 32.7 Å². The molecule has 13 heteroatoms. The monoisotopic (exact) mass is 502 g/mol. The summed E-state index contributed by atoms with van der Waals surface area (Å²) in [6.45, 7) is 4.01. The van der Waals surface area contributed by atoms with Crippen LogP contribution < -0.4 is 10.6 Å². The summed E-state index contributed by atoms with van der Waals surface area (Å²) in [5.74, 6) is -3.94. The van der Waals surface area contributed by atoms with Gasteiger partial charge in [-0.2, -0.15) is 0 Å². The van der Waals surface area contributed by atoms with Crippen LogP contribution in [0.2, 0.25) is 0 Å². The topological polar surface area (TPSA) is 153 Å². The third kappa shape index (κ3) is 5.04. The standard InChI is InChI=1S/C20H30N4O7S2/c1-9-15-14(10(2)22-13(25)8-33(5,30)31)19(27)24(15)16(20(28)29)17(9)32-11-6-12(21-7-11)18(26)23(3)4/h9-12,14-15,21H,6-8H2,1-5H3,(H,22,25)(H,28,29)/t9-,10-,11+,12?,14-,15-/m1/s1. The van der Waals surface area contributed by atoms with E-state index in [0.29, 0.717) is 17.9 Å². The number of thioether (sulfide) groups is 1. The van der Waals surface area contributed by atoms with Crippen molar-refractivity contribution in [1.82, 2.24) is 20.4 Å². The van der Waals surface area contributed by atoms with Crippen molar-refractivity contribution < 1.29 is 32.7 Å². The molecule has 0 aliphatic carbocycles. The molecule has 33 heavy (non-hydrogen) atoms. The van der Waals surface area contributed by atoms with Gasteiger partial charge in [-0.05, 0) is 13.3 Å². The second-order valence-electron chi connectivity index (χ2n) is 9.13. The number of carboxylic acid groups (broad SMARTS) is 1. The van der Waals surface area contributed by atoms with Crippen molar-refractivity contribution in [2.24, 2.45) is 11.8 Å². The SMILES string of the molecule is C[C@@H](NC(=O)CS(C)(=O)=O)[C@H]1C(=O)N2C(C(=O)O)=C(S[C@@H]3CNC(C(=O)N(C)C)C3)[C@H](C)[C@H]12. The molecule has 0 aromatic carbocycles. The van der Waals surface area contributed by atoms with E-state index in [-0.39, 0.29) is 28.8 Å². The first-order valence-corrected chi connectivity index (χ1v) is 13.6. The zero-order chi connectivity index (χ0) is 24.8. The number of amides is 3. The van der Waals surface area contributed by atoms with E-state index in [0.717, 1.165) is 6.26 Å². The number of aliphatic carboxylic acids is 1. The van der Waals surface area contributed by atoms with Crippen molar-refractivity contribution in [2.45, 2.75) is 43.6 Å². The maximum Gasteiger partial charge on any atom is 0.353 e. The molecule has 1 unspecified atom stereocenters. The number of likely N-dealkylation sites (N-methyl/N-ethyl adjacent to an activating group) is 1. The number of hydrogen-bond donors (Lipinski definition) is 3. The van der Waals surface area contributed by atoms with Crippen molar-refractivity contribution in [3.8, 4) is 0 Å². The Morgan fingerprint density at radius 3 is 2.52 bits per heavy atom. The molecule has 3 heterocycles. The van der Waals surface area contributed by atoms with Gasteiger partial charge in [-0.25, -0.2) is 13.2 Å². The van der Waals surface area contributed by atoms with Crippen LogP contribution in [0.3, 0.4) is 0 Å². The molecule has 2 fully saturated rings. The van der Waals surface area contributed by atoms with Gasteiger partial charge in [0.05, 0.1) is 18.0 Å². The molecule has 0 aromatic heterocycles. The van der Waals surface area contributed by atoms with E-state index >= 15 is 0 Å². The number of carbonyl (C=O) groups excluding carboxylic acids is 3. The van der Waals surface area contributed by atoms with Crippen molar-refractivity contribution in [3.63, 3.8) is 0 Å². The summed E-state index contributed by atoms with van der Waals surface area (Å²) in [5.41, 5.74) is -0.0456. The molecular formula is C20H30N4O7S2. The summed E-state index contributed by atoms with van der Waals surface area (Å²) < 4.78 is 22.7. The van der Waals surface area contributed by atoms with Crippen LogP contribution >= 0.6 is 11.8 Å². The molecule has 2 saturated heterocycles. The normalized spacial score (nSPS) is 30.0. The van der Waals surface area contributed by atoms with E-state index in [1.54, 1.807) is 21.0 Å². The quantitative estimate of drug-likeness (QED) is 0.350.